The van der Waals surface area contributed by atoms with Crippen LogP contribution in [0.1, 0.15) is 26.2 Å². The molecule has 2 aliphatic rings. The number of hydrogen-bond acceptors (Lipinski definition) is 3. The zero-order valence-corrected chi connectivity index (χ0v) is 8.15. The van der Waals surface area contributed by atoms with Crippen LogP contribution in [0.4, 0.5) is 0 Å². The van der Waals surface area contributed by atoms with Gasteiger partial charge in [0.15, 0.2) is 0 Å². The van der Waals surface area contributed by atoms with Crippen molar-refractivity contribution in [1.82, 2.24) is 5.32 Å². The molecular formula is C8H11NS2. The first-order valence-electron chi connectivity index (χ1n) is 3.97. The van der Waals surface area contributed by atoms with E-state index < -0.39 is 0 Å². The van der Waals surface area contributed by atoms with E-state index in [1.165, 1.54) is 30.5 Å². The summed E-state index contributed by atoms with van der Waals surface area (Å²) in [5, 5.41) is 3.95. The molecule has 1 N–H and O–H groups in total. The third kappa shape index (κ3) is 1.32. The summed E-state index contributed by atoms with van der Waals surface area (Å²) >= 11 is 7.07. The van der Waals surface area contributed by atoms with Crippen molar-refractivity contribution in [2.45, 2.75) is 31.6 Å². The molecule has 1 aliphatic heterocycles. The van der Waals surface area contributed by atoms with Crippen molar-refractivity contribution in [2.75, 3.05) is 0 Å². The van der Waals surface area contributed by atoms with Gasteiger partial charge in [-0.3, -0.25) is 0 Å². The lowest BCUT2D eigenvalue weighted by Crippen LogP contribution is -2.28. The van der Waals surface area contributed by atoms with Crippen molar-refractivity contribution in [3.63, 3.8) is 0 Å². The second-order valence-electron chi connectivity index (χ2n) is 3.00. The molecule has 2 rings (SSSR count). The second-order valence-corrected chi connectivity index (χ2v) is 5.02. The summed E-state index contributed by atoms with van der Waals surface area (Å²) in [4.78, 5) is 0. The Morgan fingerprint density at radius 3 is 3.18 bits per heavy atom. The molecule has 0 fully saturated rings. The maximum absolute atomic E-state index is 5.29. The Morgan fingerprint density at radius 1 is 1.55 bits per heavy atom. The van der Waals surface area contributed by atoms with Gasteiger partial charge in [-0.25, -0.2) is 0 Å². The normalized spacial score (nSPS) is 30.3. The first-order chi connectivity index (χ1) is 5.27. The maximum atomic E-state index is 5.29. The molecule has 1 unspecified atom stereocenters. The summed E-state index contributed by atoms with van der Waals surface area (Å²) in [7, 11) is 0. The number of allylic oxidation sites excluding steroid dienone is 1. The highest BCUT2D eigenvalue weighted by atomic mass is 32.2. The lowest BCUT2D eigenvalue weighted by Gasteiger charge is -2.23. The Balaban J connectivity index is 2.28. The highest BCUT2D eigenvalue weighted by Crippen LogP contribution is 2.34. The van der Waals surface area contributed by atoms with Crippen molar-refractivity contribution in [2.24, 2.45) is 0 Å². The third-order valence-electron chi connectivity index (χ3n) is 2.13. The number of thioether (sulfide) groups is 1. The van der Waals surface area contributed by atoms with Crippen LogP contribution in [0.25, 0.3) is 0 Å². The highest BCUT2D eigenvalue weighted by Gasteiger charge is 2.25. The SMILES string of the molecule is CC1NC2=C(CCC2)C(=S)S1. The topological polar surface area (TPSA) is 12.0 Å². The van der Waals surface area contributed by atoms with Crippen molar-refractivity contribution < 1.29 is 0 Å². The lowest BCUT2D eigenvalue weighted by atomic mass is 10.2. The summed E-state index contributed by atoms with van der Waals surface area (Å²) in [6.07, 6.45) is 3.69. The van der Waals surface area contributed by atoms with Crippen molar-refractivity contribution in [1.29, 1.82) is 0 Å². The van der Waals surface area contributed by atoms with Crippen LogP contribution in [0, 0.1) is 0 Å². The average molecular weight is 185 g/mol. The molecule has 0 aromatic rings. The van der Waals surface area contributed by atoms with Crippen LogP contribution >= 0.6 is 24.0 Å². The molecule has 0 bridgehead atoms. The molecule has 1 atom stereocenters. The maximum Gasteiger partial charge on any atom is 0.0774 e. The van der Waals surface area contributed by atoms with E-state index >= 15 is 0 Å². The van der Waals surface area contributed by atoms with Crippen LogP contribution in [0.2, 0.25) is 0 Å². The van der Waals surface area contributed by atoms with E-state index in [0.717, 1.165) is 4.20 Å². The van der Waals surface area contributed by atoms with Crippen molar-refractivity contribution in [3.05, 3.63) is 11.3 Å². The van der Waals surface area contributed by atoms with Gasteiger partial charge in [-0.05, 0) is 31.8 Å². The Labute approximate surface area is 76.6 Å². The van der Waals surface area contributed by atoms with Crippen molar-refractivity contribution in [3.8, 4) is 0 Å². The van der Waals surface area contributed by atoms with E-state index in [9.17, 15) is 0 Å². The summed E-state index contributed by atoms with van der Waals surface area (Å²) in [5.74, 6) is 0. The monoisotopic (exact) mass is 185 g/mol. The van der Waals surface area contributed by atoms with Gasteiger partial charge in [-0.1, -0.05) is 24.0 Å². The Kier molecular flexibility index (Phi) is 1.93. The van der Waals surface area contributed by atoms with Crippen LogP contribution < -0.4 is 5.32 Å². The molecule has 3 heteroatoms. The van der Waals surface area contributed by atoms with Gasteiger partial charge >= 0.3 is 0 Å². The van der Waals surface area contributed by atoms with Gasteiger partial charge in [-0.2, -0.15) is 0 Å². The van der Waals surface area contributed by atoms with E-state index in [1.54, 1.807) is 11.8 Å². The zero-order chi connectivity index (χ0) is 7.84. The van der Waals surface area contributed by atoms with Gasteiger partial charge in [-0.15, -0.1) is 0 Å². The summed E-state index contributed by atoms with van der Waals surface area (Å²) in [6, 6.07) is 0. The van der Waals surface area contributed by atoms with E-state index in [0.29, 0.717) is 5.37 Å². The fourth-order valence-electron chi connectivity index (χ4n) is 1.63. The van der Waals surface area contributed by atoms with Crippen LogP contribution in [-0.2, 0) is 0 Å². The molecule has 0 amide bonds. The van der Waals surface area contributed by atoms with Gasteiger partial charge in [0.1, 0.15) is 0 Å². The van der Waals surface area contributed by atoms with E-state index in [2.05, 4.69) is 12.2 Å². The molecule has 1 nitrogen and oxygen atoms in total. The van der Waals surface area contributed by atoms with Gasteiger partial charge < -0.3 is 5.32 Å². The zero-order valence-electron chi connectivity index (χ0n) is 6.52. The molecule has 0 saturated heterocycles. The number of nitrogens with one attached hydrogen (secondary N) is 1. The minimum Gasteiger partial charge on any atom is -0.376 e. The first kappa shape index (κ1) is 7.62. The Bertz CT molecular complexity index is 232. The third-order valence-corrected chi connectivity index (χ3v) is 3.59. The summed E-state index contributed by atoms with van der Waals surface area (Å²) < 4.78 is 1.13. The molecule has 60 valence electrons. The molecular weight excluding hydrogens is 174 g/mol. The molecule has 1 heterocycles. The number of hydrogen-bond donors (Lipinski definition) is 1. The van der Waals surface area contributed by atoms with Crippen LogP contribution in [0.15, 0.2) is 11.3 Å². The minimum atomic E-state index is 0.486. The summed E-state index contributed by atoms with van der Waals surface area (Å²) in [5.41, 5.74) is 2.84. The lowest BCUT2D eigenvalue weighted by molar-refractivity contribution is 0.756. The summed E-state index contributed by atoms with van der Waals surface area (Å²) in [6.45, 7) is 2.17. The second kappa shape index (κ2) is 2.79. The standard InChI is InChI=1S/C8H11NS2/c1-5-9-7-4-2-3-6(7)8(10)11-5/h5,9H,2-4H2,1H3. The van der Waals surface area contributed by atoms with E-state index in [4.69, 9.17) is 12.2 Å². The molecule has 1 aliphatic carbocycles. The first-order valence-corrected chi connectivity index (χ1v) is 5.25. The molecule has 0 saturated carbocycles. The fourth-order valence-corrected chi connectivity index (χ4v) is 3.18. The van der Waals surface area contributed by atoms with E-state index in [-0.39, 0.29) is 0 Å². The number of thiocarbonyl (C=S) groups is 1. The molecule has 0 aromatic heterocycles. The highest BCUT2D eigenvalue weighted by molar-refractivity contribution is 8.24. The van der Waals surface area contributed by atoms with Gasteiger partial charge in [0, 0.05) is 5.70 Å². The molecule has 11 heavy (non-hydrogen) atoms. The van der Waals surface area contributed by atoms with E-state index in [1.807, 2.05) is 0 Å². The average Bonchev–Trinajstić information content (AvgIpc) is 2.34. The Hall–Kier alpha value is -0.0200. The van der Waals surface area contributed by atoms with Crippen molar-refractivity contribution >= 4 is 28.2 Å². The van der Waals surface area contributed by atoms with Crippen LogP contribution in [0.3, 0.4) is 0 Å². The molecule has 0 radical (unpaired) electrons. The largest absolute Gasteiger partial charge is 0.376 e. The fraction of sp³-hybridized carbons (Fsp3) is 0.625. The van der Waals surface area contributed by atoms with Gasteiger partial charge in [0.2, 0.25) is 0 Å². The van der Waals surface area contributed by atoms with Gasteiger partial charge in [0.25, 0.3) is 0 Å². The smallest absolute Gasteiger partial charge is 0.0774 e. The molecule has 0 spiro atoms. The van der Waals surface area contributed by atoms with Crippen LogP contribution in [0.5, 0.6) is 0 Å². The quantitative estimate of drug-likeness (QED) is 0.582. The minimum absolute atomic E-state index is 0.486. The van der Waals surface area contributed by atoms with Gasteiger partial charge in [0.05, 0.1) is 9.57 Å². The predicted octanol–water partition coefficient (Wildman–Crippen LogP) is 2.43. The number of rotatable bonds is 0. The Morgan fingerprint density at radius 2 is 2.36 bits per heavy atom. The van der Waals surface area contributed by atoms with Crippen LogP contribution in [-0.4, -0.2) is 9.57 Å². The predicted molar refractivity (Wildman–Crippen MR) is 53.7 cm³/mol. The molecule has 0 aromatic carbocycles.